The quantitative estimate of drug-likeness (QED) is 0.595. The van der Waals surface area contributed by atoms with Crippen LogP contribution in [0.4, 0.5) is 19.0 Å². The molecule has 1 aromatic carbocycles. The highest BCUT2D eigenvalue weighted by Gasteiger charge is 2.29. The average molecular weight is 455 g/mol. The zero-order chi connectivity index (χ0) is 23.1. The Morgan fingerprint density at radius 2 is 1.45 bits per heavy atom. The molecule has 0 atom stereocenters. The highest BCUT2D eigenvalue weighted by Crippen LogP contribution is 2.44. The molecule has 1 aliphatic heterocycles. The number of phenolic OH excluding ortho intramolecular Hbond substituents is 1. The van der Waals surface area contributed by atoms with E-state index in [0.717, 1.165) is 11.8 Å². The molecule has 2 aromatic rings. The molecule has 170 valence electrons. The first-order chi connectivity index (χ1) is 14.3. The van der Waals surface area contributed by atoms with Gasteiger partial charge in [0.15, 0.2) is 17.5 Å². The van der Waals surface area contributed by atoms with Gasteiger partial charge in [0.05, 0.1) is 18.1 Å². The Hall–Kier alpha value is -1.93. The van der Waals surface area contributed by atoms with Crippen LogP contribution in [0.2, 0.25) is 0 Å². The minimum Gasteiger partial charge on any atom is -0.507 e. The molecule has 1 fully saturated rings. The van der Waals surface area contributed by atoms with Gasteiger partial charge in [-0.2, -0.15) is 9.37 Å². The lowest BCUT2D eigenvalue weighted by Crippen LogP contribution is -2.37. The number of anilines is 1. The number of pyridine rings is 1. The van der Waals surface area contributed by atoms with Gasteiger partial charge in [0.1, 0.15) is 5.75 Å². The van der Waals surface area contributed by atoms with E-state index in [1.165, 1.54) is 0 Å². The van der Waals surface area contributed by atoms with Gasteiger partial charge in [0.25, 0.3) is 5.95 Å². The van der Waals surface area contributed by atoms with E-state index in [1.807, 2.05) is 41.5 Å². The van der Waals surface area contributed by atoms with E-state index in [2.05, 4.69) is 4.98 Å². The Kier molecular flexibility index (Phi) is 6.54. The lowest BCUT2D eigenvalue weighted by atomic mass is 9.79. The summed E-state index contributed by atoms with van der Waals surface area (Å²) >= 11 is 0.803. The Morgan fingerprint density at radius 1 is 0.935 bits per heavy atom. The topological polar surface area (TPSA) is 45.6 Å². The number of hydrogen-bond donors (Lipinski definition) is 1. The van der Waals surface area contributed by atoms with Crippen molar-refractivity contribution in [1.82, 2.24) is 4.98 Å². The van der Waals surface area contributed by atoms with Crippen LogP contribution in [-0.4, -0.2) is 36.4 Å². The van der Waals surface area contributed by atoms with Crippen LogP contribution in [0, 0.1) is 17.6 Å². The first kappa shape index (κ1) is 23.7. The third-order valence-corrected chi connectivity index (χ3v) is 6.24. The van der Waals surface area contributed by atoms with Crippen molar-refractivity contribution in [3.8, 4) is 5.75 Å². The van der Waals surface area contributed by atoms with E-state index in [4.69, 9.17) is 4.74 Å². The highest BCUT2D eigenvalue weighted by atomic mass is 32.2. The molecular formula is C23H29F3N2O2S. The molecule has 8 heteroatoms. The summed E-state index contributed by atoms with van der Waals surface area (Å²) in [4.78, 5) is 5.16. The molecule has 2 heterocycles. The third kappa shape index (κ3) is 4.95. The maximum absolute atomic E-state index is 15.3. The first-order valence-corrected chi connectivity index (χ1v) is 11.1. The molecule has 0 saturated carbocycles. The number of ether oxygens (including phenoxy) is 1. The number of aromatic hydroxyl groups is 1. The van der Waals surface area contributed by atoms with Crippen LogP contribution >= 0.6 is 11.8 Å². The van der Waals surface area contributed by atoms with Crippen LogP contribution in [0.3, 0.4) is 0 Å². The molecule has 4 nitrogen and oxygen atoms in total. The van der Waals surface area contributed by atoms with Crippen molar-refractivity contribution in [2.45, 2.75) is 62.2 Å². The van der Waals surface area contributed by atoms with Crippen LogP contribution in [0.1, 0.15) is 52.7 Å². The predicted octanol–water partition coefficient (Wildman–Crippen LogP) is 5.79. The van der Waals surface area contributed by atoms with E-state index >= 15 is 4.39 Å². The number of halogens is 3. The molecule has 0 radical (unpaired) electrons. The average Bonchev–Trinajstić information content (AvgIpc) is 2.68. The van der Waals surface area contributed by atoms with Gasteiger partial charge in [0.2, 0.25) is 0 Å². The lowest BCUT2D eigenvalue weighted by Gasteiger charge is -2.29. The summed E-state index contributed by atoms with van der Waals surface area (Å²) < 4.78 is 49.5. The van der Waals surface area contributed by atoms with E-state index in [0.29, 0.717) is 42.3 Å². The van der Waals surface area contributed by atoms with E-state index < -0.39 is 33.3 Å². The fourth-order valence-electron chi connectivity index (χ4n) is 3.49. The third-order valence-electron chi connectivity index (χ3n) is 5.21. The number of phenols is 1. The van der Waals surface area contributed by atoms with Crippen LogP contribution in [0.25, 0.3) is 0 Å². The fraction of sp³-hybridized carbons (Fsp3) is 0.522. The molecule has 0 aliphatic carbocycles. The first-order valence-electron chi connectivity index (χ1n) is 10.2. The summed E-state index contributed by atoms with van der Waals surface area (Å²) in [6.45, 7) is 13.1. The van der Waals surface area contributed by atoms with Crippen molar-refractivity contribution in [1.29, 1.82) is 0 Å². The molecule has 0 unspecified atom stereocenters. The Balaban J connectivity index is 2.13. The molecule has 31 heavy (non-hydrogen) atoms. The van der Waals surface area contributed by atoms with Gasteiger partial charge < -0.3 is 14.7 Å². The Bertz CT molecular complexity index is 943. The number of benzene rings is 1. The van der Waals surface area contributed by atoms with Crippen LogP contribution in [-0.2, 0) is 15.6 Å². The molecule has 1 aromatic heterocycles. The van der Waals surface area contributed by atoms with Crippen LogP contribution in [0.5, 0.6) is 5.75 Å². The number of aromatic nitrogens is 1. The van der Waals surface area contributed by atoms with Gasteiger partial charge in [0, 0.05) is 29.1 Å². The van der Waals surface area contributed by atoms with Crippen LogP contribution in [0.15, 0.2) is 21.9 Å². The number of hydrogen-bond acceptors (Lipinski definition) is 5. The standard InChI is InChI=1S/C23H29F3N2O2S/c1-22(2,3)14-11-13(12-15(18(14)29)23(4,5)6)31-19-16(24)20(26)27-21(17(19)25)28-7-9-30-10-8-28/h11-12,29H,7-10H2,1-6H3. The van der Waals surface area contributed by atoms with Crippen molar-refractivity contribution >= 4 is 17.6 Å². The summed E-state index contributed by atoms with van der Waals surface area (Å²) in [5.74, 6) is -3.59. The molecule has 0 amide bonds. The van der Waals surface area contributed by atoms with E-state index in [9.17, 15) is 13.9 Å². The fourth-order valence-corrected chi connectivity index (χ4v) is 4.43. The second-order valence-electron chi connectivity index (χ2n) is 9.75. The normalized spacial score (nSPS) is 15.5. The molecule has 1 saturated heterocycles. The summed E-state index contributed by atoms with van der Waals surface area (Å²) in [7, 11) is 0. The zero-order valence-electron chi connectivity index (χ0n) is 18.8. The summed E-state index contributed by atoms with van der Waals surface area (Å²) in [5.41, 5.74) is 0.512. The van der Waals surface area contributed by atoms with Gasteiger partial charge in [-0.3, -0.25) is 0 Å². The minimum atomic E-state index is -1.34. The smallest absolute Gasteiger partial charge is 0.252 e. The molecule has 1 aliphatic rings. The maximum atomic E-state index is 15.3. The maximum Gasteiger partial charge on any atom is 0.252 e. The largest absolute Gasteiger partial charge is 0.507 e. The lowest BCUT2D eigenvalue weighted by molar-refractivity contribution is 0.122. The second-order valence-corrected chi connectivity index (χ2v) is 10.8. The van der Waals surface area contributed by atoms with Crippen molar-refractivity contribution in [2.24, 2.45) is 0 Å². The van der Waals surface area contributed by atoms with Gasteiger partial charge in [-0.15, -0.1) is 0 Å². The van der Waals surface area contributed by atoms with E-state index in [-0.39, 0.29) is 11.6 Å². The zero-order valence-corrected chi connectivity index (χ0v) is 19.6. The SMILES string of the molecule is CC(C)(C)c1cc(Sc2c(F)c(F)nc(N3CCOCC3)c2F)cc(C(C)(C)C)c1O. The van der Waals surface area contributed by atoms with Gasteiger partial charge in [-0.05, 0) is 23.0 Å². The molecule has 0 bridgehead atoms. The summed E-state index contributed by atoms with van der Waals surface area (Å²) in [6.07, 6.45) is 0. The summed E-state index contributed by atoms with van der Waals surface area (Å²) in [6, 6.07) is 3.42. The minimum absolute atomic E-state index is 0.167. The molecular weight excluding hydrogens is 425 g/mol. The van der Waals surface area contributed by atoms with Crippen molar-refractivity contribution in [2.75, 3.05) is 31.2 Å². The van der Waals surface area contributed by atoms with E-state index in [1.54, 1.807) is 17.0 Å². The van der Waals surface area contributed by atoms with Gasteiger partial charge in [-0.1, -0.05) is 53.3 Å². The van der Waals surface area contributed by atoms with Crippen molar-refractivity contribution in [3.63, 3.8) is 0 Å². The van der Waals surface area contributed by atoms with Crippen molar-refractivity contribution in [3.05, 3.63) is 40.8 Å². The molecule has 0 spiro atoms. The molecule has 3 rings (SSSR count). The van der Waals surface area contributed by atoms with Gasteiger partial charge in [-0.25, -0.2) is 8.78 Å². The Labute approximate surface area is 185 Å². The molecule has 1 N–H and O–H groups in total. The second kappa shape index (κ2) is 8.54. The van der Waals surface area contributed by atoms with Crippen LogP contribution < -0.4 is 4.90 Å². The predicted molar refractivity (Wildman–Crippen MR) is 117 cm³/mol. The van der Waals surface area contributed by atoms with Crippen molar-refractivity contribution < 1.29 is 23.0 Å². The highest BCUT2D eigenvalue weighted by molar-refractivity contribution is 7.99. The summed E-state index contributed by atoms with van der Waals surface area (Å²) in [5, 5.41) is 10.9. The Morgan fingerprint density at radius 3 is 1.94 bits per heavy atom. The number of nitrogens with zero attached hydrogens (tertiary/aromatic N) is 2. The van der Waals surface area contributed by atoms with Gasteiger partial charge >= 0.3 is 0 Å². The number of morpholine rings is 1. The number of rotatable bonds is 3. The monoisotopic (exact) mass is 454 g/mol.